The number of aromatic hydroxyl groups is 1. The van der Waals surface area contributed by atoms with E-state index in [1.165, 1.54) is 12.1 Å². The lowest BCUT2D eigenvalue weighted by molar-refractivity contribution is 0.411. The third-order valence-electron chi connectivity index (χ3n) is 4.45. The van der Waals surface area contributed by atoms with Crippen LogP contribution in [0.25, 0.3) is 10.9 Å². The van der Waals surface area contributed by atoms with Gasteiger partial charge in [0.05, 0.1) is 13.7 Å². The lowest BCUT2D eigenvalue weighted by Crippen LogP contribution is -2.38. The molecule has 0 atom stereocenters. The molecule has 0 aliphatic rings. The van der Waals surface area contributed by atoms with Crippen molar-refractivity contribution in [1.82, 2.24) is 15.6 Å². The number of aromatic nitrogens is 1. The van der Waals surface area contributed by atoms with Crippen LogP contribution in [0.5, 0.6) is 11.5 Å². The van der Waals surface area contributed by atoms with Crippen LogP contribution in [-0.4, -0.2) is 36.2 Å². The minimum Gasteiger partial charge on any atom is -0.508 e. The van der Waals surface area contributed by atoms with Gasteiger partial charge in [0.15, 0.2) is 5.96 Å². The molecule has 3 rings (SSSR count). The van der Waals surface area contributed by atoms with E-state index < -0.39 is 0 Å². The standard InChI is InChI=1S/C21H25FN4O2.HI/c1-3-23-21(26-13-15-10-17(28-2)5-7-20(15)27)24-9-8-14-12-25-19-11-16(22)4-6-18(14)19;/h4-7,10-12,25,27H,3,8-9,13H2,1-2H3,(H2,23,24,26);1H. The van der Waals surface area contributed by atoms with Gasteiger partial charge in [-0.25, -0.2) is 9.38 Å². The van der Waals surface area contributed by atoms with E-state index in [0.29, 0.717) is 30.4 Å². The number of methoxy groups -OCH3 is 1. The number of benzene rings is 2. The summed E-state index contributed by atoms with van der Waals surface area (Å²) in [7, 11) is 1.59. The minimum atomic E-state index is -0.249. The molecule has 1 heterocycles. The molecular weight excluding hydrogens is 486 g/mol. The number of halogens is 2. The highest BCUT2D eigenvalue weighted by molar-refractivity contribution is 14.0. The van der Waals surface area contributed by atoms with E-state index in [9.17, 15) is 9.50 Å². The number of H-pyrrole nitrogens is 1. The van der Waals surface area contributed by atoms with Gasteiger partial charge in [0, 0.05) is 35.8 Å². The number of phenolic OH excluding ortho intramolecular Hbond substituents is 1. The van der Waals surface area contributed by atoms with Crippen LogP contribution in [0.2, 0.25) is 0 Å². The Balaban J connectivity index is 0.00000300. The molecule has 0 bridgehead atoms. The summed E-state index contributed by atoms with van der Waals surface area (Å²) in [5, 5.41) is 17.5. The maximum absolute atomic E-state index is 13.3. The normalized spacial score (nSPS) is 11.2. The number of hydrogen-bond acceptors (Lipinski definition) is 3. The minimum absolute atomic E-state index is 0. The molecule has 0 aliphatic heterocycles. The second-order valence-electron chi connectivity index (χ2n) is 6.37. The molecule has 29 heavy (non-hydrogen) atoms. The second-order valence-corrected chi connectivity index (χ2v) is 6.37. The third-order valence-corrected chi connectivity index (χ3v) is 4.45. The number of guanidine groups is 1. The number of fused-ring (bicyclic) bond motifs is 1. The van der Waals surface area contributed by atoms with E-state index in [4.69, 9.17) is 4.74 Å². The van der Waals surface area contributed by atoms with Crippen LogP contribution in [0.3, 0.4) is 0 Å². The zero-order valence-electron chi connectivity index (χ0n) is 16.5. The van der Waals surface area contributed by atoms with Crippen LogP contribution in [0.1, 0.15) is 18.1 Å². The first kappa shape index (κ1) is 22.8. The van der Waals surface area contributed by atoms with E-state index in [1.54, 1.807) is 31.4 Å². The van der Waals surface area contributed by atoms with Crippen molar-refractivity contribution < 1.29 is 14.2 Å². The molecule has 0 amide bonds. The molecule has 0 aliphatic carbocycles. The van der Waals surface area contributed by atoms with Crippen molar-refractivity contribution in [3.8, 4) is 11.5 Å². The van der Waals surface area contributed by atoms with Crippen molar-refractivity contribution >= 4 is 40.8 Å². The molecule has 0 unspecified atom stereocenters. The van der Waals surface area contributed by atoms with Gasteiger partial charge in [0.25, 0.3) is 0 Å². The Morgan fingerprint density at radius 1 is 1.17 bits per heavy atom. The van der Waals surface area contributed by atoms with Gasteiger partial charge >= 0.3 is 0 Å². The number of nitrogens with zero attached hydrogens (tertiary/aromatic N) is 1. The molecule has 0 spiro atoms. The van der Waals surface area contributed by atoms with Crippen molar-refractivity contribution in [2.24, 2.45) is 4.99 Å². The first-order valence-electron chi connectivity index (χ1n) is 9.24. The van der Waals surface area contributed by atoms with Crippen molar-refractivity contribution in [3.05, 3.63) is 59.5 Å². The second kappa shape index (κ2) is 10.9. The molecule has 3 aromatic rings. The number of aromatic amines is 1. The summed E-state index contributed by atoms with van der Waals surface area (Å²) in [5.74, 6) is 1.28. The van der Waals surface area contributed by atoms with Crippen LogP contribution in [0.15, 0.2) is 47.6 Å². The summed E-state index contributed by atoms with van der Waals surface area (Å²) in [6.07, 6.45) is 2.67. The highest BCUT2D eigenvalue weighted by atomic mass is 127. The summed E-state index contributed by atoms with van der Waals surface area (Å²) in [6.45, 7) is 3.71. The van der Waals surface area contributed by atoms with Crippen molar-refractivity contribution in [2.75, 3.05) is 20.2 Å². The van der Waals surface area contributed by atoms with Gasteiger partial charge < -0.3 is 25.5 Å². The SMILES string of the molecule is CCNC(=NCc1cc(OC)ccc1O)NCCc1c[nH]c2cc(F)ccc12.I. The number of hydrogen-bond donors (Lipinski definition) is 4. The summed E-state index contributed by atoms with van der Waals surface area (Å²) in [6, 6.07) is 9.84. The molecule has 0 radical (unpaired) electrons. The first-order chi connectivity index (χ1) is 13.6. The average Bonchev–Trinajstić information content (AvgIpc) is 3.09. The summed E-state index contributed by atoms with van der Waals surface area (Å²) >= 11 is 0. The third kappa shape index (κ3) is 5.99. The zero-order valence-corrected chi connectivity index (χ0v) is 18.8. The Kier molecular flexibility index (Phi) is 8.56. The molecule has 8 heteroatoms. The van der Waals surface area contributed by atoms with E-state index >= 15 is 0 Å². The molecule has 4 N–H and O–H groups in total. The Hall–Kier alpha value is -2.49. The Morgan fingerprint density at radius 3 is 2.76 bits per heavy atom. The van der Waals surface area contributed by atoms with Gasteiger partial charge in [-0.05, 0) is 55.3 Å². The summed E-state index contributed by atoms with van der Waals surface area (Å²) < 4.78 is 18.5. The van der Waals surface area contributed by atoms with Crippen LogP contribution < -0.4 is 15.4 Å². The van der Waals surface area contributed by atoms with E-state index in [-0.39, 0.29) is 35.5 Å². The van der Waals surface area contributed by atoms with E-state index in [1.807, 2.05) is 13.1 Å². The molecule has 1 aromatic heterocycles. The van der Waals surface area contributed by atoms with Gasteiger partial charge in [0.1, 0.15) is 17.3 Å². The predicted molar refractivity (Wildman–Crippen MR) is 125 cm³/mol. The number of nitrogens with one attached hydrogen (secondary N) is 3. The fourth-order valence-electron chi connectivity index (χ4n) is 3.00. The molecular formula is C21H26FIN4O2. The number of rotatable bonds is 7. The van der Waals surface area contributed by atoms with Crippen LogP contribution in [0.4, 0.5) is 4.39 Å². The summed E-state index contributed by atoms with van der Waals surface area (Å²) in [4.78, 5) is 7.64. The van der Waals surface area contributed by atoms with Gasteiger partial charge in [-0.3, -0.25) is 0 Å². The van der Waals surface area contributed by atoms with Crippen LogP contribution in [-0.2, 0) is 13.0 Å². The van der Waals surface area contributed by atoms with Gasteiger partial charge in [-0.2, -0.15) is 0 Å². The fourth-order valence-corrected chi connectivity index (χ4v) is 3.00. The average molecular weight is 512 g/mol. The first-order valence-corrected chi connectivity index (χ1v) is 9.24. The molecule has 2 aromatic carbocycles. The highest BCUT2D eigenvalue weighted by Gasteiger charge is 2.06. The van der Waals surface area contributed by atoms with Crippen molar-refractivity contribution in [3.63, 3.8) is 0 Å². The quantitative estimate of drug-likeness (QED) is 0.220. The van der Waals surface area contributed by atoms with Crippen LogP contribution >= 0.6 is 24.0 Å². The predicted octanol–water partition coefficient (Wildman–Crippen LogP) is 3.94. The fraction of sp³-hybridized carbons (Fsp3) is 0.286. The van der Waals surface area contributed by atoms with Gasteiger partial charge in [-0.1, -0.05) is 0 Å². The number of aliphatic imine (C=N–C) groups is 1. The largest absolute Gasteiger partial charge is 0.508 e. The lowest BCUT2D eigenvalue weighted by Gasteiger charge is -2.12. The molecule has 6 nitrogen and oxygen atoms in total. The molecule has 0 saturated heterocycles. The van der Waals surface area contributed by atoms with Crippen molar-refractivity contribution in [2.45, 2.75) is 19.9 Å². The maximum Gasteiger partial charge on any atom is 0.191 e. The Bertz CT molecular complexity index is 974. The molecule has 0 saturated carbocycles. The number of phenols is 1. The van der Waals surface area contributed by atoms with Gasteiger partial charge in [-0.15, -0.1) is 24.0 Å². The summed E-state index contributed by atoms with van der Waals surface area (Å²) in [5.41, 5.74) is 2.60. The Labute approximate surface area is 186 Å². The Morgan fingerprint density at radius 2 is 2.00 bits per heavy atom. The van der Waals surface area contributed by atoms with Crippen molar-refractivity contribution in [1.29, 1.82) is 0 Å². The topological polar surface area (TPSA) is 81.7 Å². The zero-order chi connectivity index (χ0) is 19.9. The smallest absolute Gasteiger partial charge is 0.191 e. The van der Waals surface area contributed by atoms with Crippen LogP contribution in [0, 0.1) is 5.82 Å². The van der Waals surface area contributed by atoms with E-state index in [2.05, 4.69) is 20.6 Å². The monoisotopic (exact) mass is 512 g/mol. The number of ether oxygens (including phenoxy) is 1. The van der Waals surface area contributed by atoms with Gasteiger partial charge in [0.2, 0.25) is 0 Å². The maximum atomic E-state index is 13.3. The van der Waals surface area contributed by atoms with E-state index in [0.717, 1.165) is 29.4 Å². The molecule has 156 valence electrons. The molecule has 0 fully saturated rings. The highest BCUT2D eigenvalue weighted by Crippen LogP contribution is 2.23. The lowest BCUT2D eigenvalue weighted by atomic mass is 10.1.